The van der Waals surface area contributed by atoms with E-state index < -0.39 is 11.0 Å². The molecule has 11 aromatic rings. The van der Waals surface area contributed by atoms with Crippen molar-refractivity contribution >= 4 is 68.6 Å². The highest BCUT2D eigenvalue weighted by molar-refractivity contribution is 7.00. The van der Waals surface area contributed by atoms with Crippen molar-refractivity contribution < 1.29 is 0 Å². The van der Waals surface area contributed by atoms with E-state index in [4.69, 9.17) is 0 Å². The SMILES string of the molecule is CC(C)(C)c1ccc(N2c3cc(-c4ccccc4)ccc3B3c4ccc(C(C)(C)C)cc4N(c4ccc(C(C)(C)C)cc4-c4ccccc4)c4cc(N5c6ccccc6C6(c7ccccc7)Cc7ccccc7CC56C)cc2c43)c(-c2ccccc2)c1. The van der Waals surface area contributed by atoms with Gasteiger partial charge in [0, 0.05) is 50.7 Å². The van der Waals surface area contributed by atoms with E-state index in [1.54, 1.807) is 0 Å². The van der Waals surface area contributed by atoms with Crippen LogP contribution in [0.15, 0.2) is 255 Å². The monoisotopic (exact) mass is 1130 g/mol. The lowest BCUT2D eigenvalue weighted by Crippen LogP contribution is -2.62. The number of rotatable bonds is 7. The molecule has 1 aliphatic carbocycles. The van der Waals surface area contributed by atoms with Gasteiger partial charge in [0.2, 0.25) is 0 Å². The summed E-state index contributed by atoms with van der Waals surface area (Å²) < 4.78 is 0. The summed E-state index contributed by atoms with van der Waals surface area (Å²) >= 11 is 0. The average Bonchev–Trinajstić information content (AvgIpc) is 1.64. The third-order valence-corrected chi connectivity index (χ3v) is 20.1. The second kappa shape index (κ2) is 20.0. The van der Waals surface area contributed by atoms with E-state index in [9.17, 15) is 0 Å². The molecule has 3 nitrogen and oxygen atoms in total. The average molecular weight is 1130 g/mol. The van der Waals surface area contributed by atoms with Gasteiger partial charge in [0.05, 0.1) is 16.9 Å². The topological polar surface area (TPSA) is 9.72 Å². The summed E-state index contributed by atoms with van der Waals surface area (Å²) in [5.41, 5.74) is 28.9. The first-order valence-corrected chi connectivity index (χ1v) is 31.4. The fourth-order valence-corrected chi connectivity index (χ4v) is 15.6. The first kappa shape index (κ1) is 54.5. The zero-order chi connectivity index (χ0) is 59.8. The van der Waals surface area contributed by atoms with Gasteiger partial charge in [0.15, 0.2) is 0 Å². The third-order valence-electron chi connectivity index (χ3n) is 20.1. The molecule has 2 unspecified atom stereocenters. The Labute approximate surface area is 516 Å². The third kappa shape index (κ3) is 8.60. The van der Waals surface area contributed by atoms with Gasteiger partial charge in [-0.05, 0) is 168 Å². The summed E-state index contributed by atoms with van der Waals surface area (Å²) in [6, 6.07) is 98.2. The molecule has 0 N–H and O–H groups in total. The van der Waals surface area contributed by atoms with E-state index in [2.05, 4.69) is 339 Å². The van der Waals surface area contributed by atoms with Crippen LogP contribution in [0.2, 0.25) is 0 Å². The number of nitrogens with zero attached hydrogens (tertiary/aromatic N) is 3. The fourth-order valence-electron chi connectivity index (χ4n) is 15.6. The number of anilines is 8. The van der Waals surface area contributed by atoms with Gasteiger partial charge in [0.25, 0.3) is 6.71 Å². The van der Waals surface area contributed by atoms with Gasteiger partial charge in [-0.1, -0.05) is 263 Å². The van der Waals surface area contributed by atoms with Crippen LogP contribution in [0.25, 0.3) is 33.4 Å². The quantitative estimate of drug-likeness (QED) is 0.147. The van der Waals surface area contributed by atoms with Crippen LogP contribution in [-0.2, 0) is 34.5 Å². The number of hydrogen-bond acceptors (Lipinski definition) is 3. The molecule has 0 saturated carbocycles. The molecule has 2 atom stereocenters. The molecule has 0 radical (unpaired) electrons. The Hall–Kier alpha value is -9.12. The maximum absolute atomic E-state index is 2.81. The van der Waals surface area contributed by atoms with Crippen molar-refractivity contribution in [2.45, 2.75) is 109 Å². The molecule has 11 aromatic carbocycles. The molecule has 3 aliphatic heterocycles. The summed E-state index contributed by atoms with van der Waals surface area (Å²) in [6.45, 7) is 23.6. The van der Waals surface area contributed by atoms with Gasteiger partial charge in [-0.2, -0.15) is 0 Å². The molecule has 0 aromatic heterocycles. The normalized spacial score (nSPS) is 17.4. The molecule has 4 heteroatoms. The lowest BCUT2D eigenvalue weighted by Gasteiger charge is -2.53. The molecule has 0 bridgehead atoms. The van der Waals surface area contributed by atoms with E-state index in [0.29, 0.717) is 0 Å². The molecule has 0 spiro atoms. The van der Waals surface area contributed by atoms with Crippen LogP contribution >= 0.6 is 0 Å². The maximum atomic E-state index is 2.81. The Kier molecular flexibility index (Phi) is 12.5. The molecular weight excluding hydrogens is 1050 g/mol. The molecule has 3 heterocycles. The Morgan fingerprint density at radius 3 is 1.32 bits per heavy atom. The van der Waals surface area contributed by atoms with Crippen LogP contribution in [0.1, 0.15) is 108 Å². The largest absolute Gasteiger partial charge is 0.334 e. The highest BCUT2D eigenvalue weighted by Crippen LogP contribution is 2.64. The molecule has 0 saturated heterocycles. The first-order chi connectivity index (χ1) is 41.9. The van der Waals surface area contributed by atoms with E-state index in [0.717, 1.165) is 24.2 Å². The van der Waals surface area contributed by atoms with Crippen LogP contribution in [0, 0.1) is 0 Å². The molecular formula is C83H76BN3. The minimum Gasteiger partial charge on any atom is -0.334 e. The minimum absolute atomic E-state index is 0.0876. The first-order valence-electron chi connectivity index (χ1n) is 31.4. The number of fused-ring (bicyclic) bond motifs is 8. The lowest BCUT2D eigenvalue weighted by atomic mass is 9.33. The van der Waals surface area contributed by atoms with Gasteiger partial charge >= 0.3 is 0 Å². The highest BCUT2D eigenvalue weighted by Gasteiger charge is 2.62. The van der Waals surface area contributed by atoms with Crippen molar-refractivity contribution in [3.05, 3.63) is 294 Å². The predicted octanol–water partition coefficient (Wildman–Crippen LogP) is 19.7. The van der Waals surface area contributed by atoms with Crippen LogP contribution < -0.4 is 31.1 Å². The zero-order valence-corrected chi connectivity index (χ0v) is 52.1. The van der Waals surface area contributed by atoms with Crippen molar-refractivity contribution in [2.75, 3.05) is 14.7 Å². The smallest absolute Gasteiger partial charge is 0.252 e. The minimum atomic E-state index is -0.464. The van der Waals surface area contributed by atoms with Crippen molar-refractivity contribution in [1.82, 2.24) is 0 Å². The number of para-hydroxylation sites is 1. The van der Waals surface area contributed by atoms with Crippen LogP contribution in [-0.4, -0.2) is 12.3 Å². The Balaban J connectivity index is 1.12. The van der Waals surface area contributed by atoms with E-state index in [-0.39, 0.29) is 23.0 Å². The highest BCUT2D eigenvalue weighted by atomic mass is 15.3. The standard InChI is InChI=1S/C83H76BN3/c1-79(2,3)62-41-45-71(66(48-62)56-29-17-12-18-30-56)85-74-47-58(55-27-15-11-16-28-55)39-43-69(74)84-70-44-40-64(81(7,8)9)50-75(70)86(72-46-42-63(80(4,5)6)49-67(72)57-31-19-13-20-32-57)77-52-65(51-76(85)78(77)84)87-73-38-26-25-37-68(73)83(61-35-21-14-22-36-61)54-60-34-24-23-33-59(60)53-82(83,87)10/h11-52H,53-54H2,1-10H3. The summed E-state index contributed by atoms with van der Waals surface area (Å²) in [7, 11) is 0. The van der Waals surface area contributed by atoms with Crippen molar-refractivity contribution in [1.29, 1.82) is 0 Å². The van der Waals surface area contributed by atoms with Crippen molar-refractivity contribution in [3.8, 4) is 33.4 Å². The molecule has 0 fully saturated rings. The fraction of sp³-hybridized carbons (Fsp3) is 0.205. The van der Waals surface area contributed by atoms with E-state index in [1.807, 2.05) is 0 Å². The van der Waals surface area contributed by atoms with Crippen LogP contribution in [0.4, 0.5) is 45.5 Å². The zero-order valence-electron chi connectivity index (χ0n) is 52.1. The van der Waals surface area contributed by atoms with Crippen molar-refractivity contribution in [3.63, 3.8) is 0 Å². The second-order valence-corrected chi connectivity index (χ2v) is 28.4. The molecule has 0 amide bonds. The van der Waals surface area contributed by atoms with Gasteiger partial charge in [-0.25, -0.2) is 0 Å². The summed E-state index contributed by atoms with van der Waals surface area (Å²) in [6.07, 6.45) is 1.74. The Bertz CT molecular complexity index is 4490. The summed E-state index contributed by atoms with van der Waals surface area (Å²) in [5.74, 6) is 0. The summed E-state index contributed by atoms with van der Waals surface area (Å²) in [4.78, 5) is 8.20. The van der Waals surface area contributed by atoms with E-state index >= 15 is 0 Å². The number of benzene rings is 11. The summed E-state index contributed by atoms with van der Waals surface area (Å²) in [5, 5.41) is 0. The second-order valence-electron chi connectivity index (χ2n) is 28.4. The van der Waals surface area contributed by atoms with Gasteiger partial charge in [-0.3, -0.25) is 0 Å². The van der Waals surface area contributed by atoms with Crippen LogP contribution in [0.5, 0.6) is 0 Å². The molecule has 426 valence electrons. The lowest BCUT2D eigenvalue weighted by molar-refractivity contribution is 0.281. The number of hydrogen-bond donors (Lipinski definition) is 0. The van der Waals surface area contributed by atoms with Crippen molar-refractivity contribution in [2.24, 2.45) is 0 Å². The molecule has 4 aliphatic rings. The molecule has 87 heavy (non-hydrogen) atoms. The van der Waals surface area contributed by atoms with E-state index in [1.165, 1.54) is 123 Å². The Morgan fingerprint density at radius 2 is 0.782 bits per heavy atom. The maximum Gasteiger partial charge on any atom is 0.252 e. The van der Waals surface area contributed by atoms with Gasteiger partial charge < -0.3 is 14.7 Å². The Morgan fingerprint density at radius 1 is 0.345 bits per heavy atom. The molecule has 15 rings (SSSR count). The predicted molar refractivity (Wildman–Crippen MR) is 371 cm³/mol. The van der Waals surface area contributed by atoms with Gasteiger partial charge in [-0.15, -0.1) is 0 Å². The van der Waals surface area contributed by atoms with Crippen LogP contribution in [0.3, 0.4) is 0 Å². The van der Waals surface area contributed by atoms with Gasteiger partial charge in [0.1, 0.15) is 0 Å².